The molecule has 4 nitrogen and oxygen atoms in total. The van der Waals surface area contributed by atoms with Crippen LogP contribution in [0.3, 0.4) is 0 Å². The molecule has 0 spiro atoms. The topological polar surface area (TPSA) is 57.8 Å². The quantitative estimate of drug-likeness (QED) is 0.742. The van der Waals surface area contributed by atoms with E-state index in [1.165, 1.54) is 0 Å². The van der Waals surface area contributed by atoms with Crippen molar-refractivity contribution in [2.45, 2.75) is 19.3 Å². The summed E-state index contributed by atoms with van der Waals surface area (Å²) in [6.45, 7) is 2.01. The normalized spacial score (nSPS) is 11.9. The van der Waals surface area contributed by atoms with E-state index in [1.54, 1.807) is 0 Å². The molecule has 0 aliphatic carbocycles. The van der Waals surface area contributed by atoms with Gasteiger partial charge in [-0.15, -0.1) is 0 Å². The van der Waals surface area contributed by atoms with Gasteiger partial charge in [-0.2, -0.15) is 5.10 Å². The van der Waals surface area contributed by atoms with Crippen LogP contribution >= 0.6 is 0 Å². The largest absolute Gasteiger partial charge is 0.309 e. The van der Waals surface area contributed by atoms with Gasteiger partial charge in [-0.25, -0.2) is 0 Å². The van der Waals surface area contributed by atoms with Gasteiger partial charge in [0, 0.05) is 6.07 Å². The summed E-state index contributed by atoms with van der Waals surface area (Å²) < 4.78 is 0. The van der Waals surface area contributed by atoms with E-state index in [-0.39, 0.29) is 11.8 Å². The molecule has 0 saturated heterocycles. The number of carbonyl (C=O) groups excluding carboxylic acids is 1. The molecular weight excluding hydrogens is 286 g/mol. The van der Waals surface area contributed by atoms with E-state index in [2.05, 4.69) is 15.5 Å². The molecule has 0 saturated carbocycles. The van der Waals surface area contributed by atoms with E-state index in [0.717, 1.165) is 23.2 Å². The number of amides is 1. The summed E-state index contributed by atoms with van der Waals surface area (Å²) in [5.74, 6) is 0.334. The second kappa shape index (κ2) is 6.92. The lowest BCUT2D eigenvalue weighted by atomic mass is 9.96. The van der Waals surface area contributed by atoms with Crippen molar-refractivity contribution in [3.05, 3.63) is 72.3 Å². The molecule has 2 N–H and O–H groups in total. The molecule has 0 aliphatic heterocycles. The monoisotopic (exact) mass is 305 g/mol. The van der Waals surface area contributed by atoms with E-state index in [0.29, 0.717) is 5.82 Å². The number of hydrogen-bond acceptors (Lipinski definition) is 2. The van der Waals surface area contributed by atoms with E-state index in [9.17, 15) is 4.79 Å². The first-order valence-electron chi connectivity index (χ1n) is 7.74. The lowest BCUT2D eigenvalue weighted by molar-refractivity contribution is -0.117. The van der Waals surface area contributed by atoms with Gasteiger partial charge < -0.3 is 5.32 Å². The zero-order valence-electron chi connectivity index (χ0n) is 13.0. The van der Waals surface area contributed by atoms with Crippen LogP contribution in [-0.2, 0) is 4.79 Å². The van der Waals surface area contributed by atoms with Crippen LogP contribution in [0.4, 0.5) is 5.82 Å². The molecule has 1 amide bonds. The average Bonchev–Trinajstić information content (AvgIpc) is 3.06. The number of carbonyl (C=O) groups is 1. The van der Waals surface area contributed by atoms with Crippen molar-refractivity contribution in [3.63, 3.8) is 0 Å². The minimum atomic E-state index is -0.173. The van der Waals surface area contributed by atoms with Gasteiger partial charge >= 0.3 is 0 Å². The van der Waals surface area contributed by atoms with Gasteiger partial charge in [0.15, 0.2) is 5.82 Å². The number of nitrogens with one attached hydrogen (secondary N) is 2. The molecule has 3 rings (SSSR count). The molecule has 0 bridgehead atoms. The molecule has 4 heteroatoms. The van der Waals surface area contributed by atoms with Crippen LogP contribution < -0.4 is 5.32 Å². The average molecular weight is 305 g/mol. The number of aromatic amines is 1. The molecule has 1 heterocycles. The smallest absolute Gasteiger partial charge is 0.233 e. The number of benzene rings is 2. The minimum Gasteiger partial charge on any atom is -0.309 e. The van der Waals surface area contributed by atoms with E-state index in [4.69, 9.17) is 0 Å². The van der Waals surface area contributed by atoms with Crippen molar-refractivity contribution in [3.8, 4) is 11.3 Å². The van der Waals surface area contributed by atoms with Crippen LogP contribution in [0.1, 0.15) is 24.8 Å². The van der Waals surface area contributed by atoms with Crippen molar-refractivity contribution in [1.82, 2.24) is 10.2 Å². The summed E-state index contributed by atoms with van der Waals surface area (Å²) in [6.07, 6.45) is 0.742. The van der Waals surface area contributed by atoms with Gasteiger partial charge in [-0.3, -0.25) is 9.89 Å². The minimum absolute atomic E-state index is 0.0372. The summed E-state index contributed by atoms with van der Waals surface area (Å²) in [5, 5.41) is 10.0. The standard InChI is InChI=1S/C19H19N3O/c1-2-16(14-9-5-3-6-10-14)19(23)20-18-13-17(21-22-18)15-11-7-4-8-12-15/h3-13,16H,2H2,1H3,(H2,20,21,22,23)/t16-/m1/s1. The van der Waals surface area contributed by atoms with Crippen LogP contribution in [0.15, 0.2) is 66.7 Å². The number of anilines is 1. The second-order valence-corrected chi connectivity index (χ2v) is 5.39. The first-order chi connectivity index (χ1) is 11.3. The fourth-order valence-electron chi connectivity index (χ4n) is 2.62. The third-order valence-electron chi connectivity index (χ3n) is 3.84. The third kappa shape index (κ3) is 3.48. The Morgan fingerprint density at radius 3 is 2.39 bits per heavy atom. The van der Waals surface area contributed by atoms with Crippen LogP contribution in [0.25, 0.3) is 11.3 Å². The van der Waals surface area contributed by atoms with E-state index >= 15 is 0 Å². The fraction of sp³-hybridized carbons (Fsp3) is 0.158. The number of nitrogens with zero attached hydrogens (tertiary/aromatic N) is 1. The highest BCUT2D eigenvalue weighted by Gasteiger charge is 2.19. The maximum atomic E-state index is 12.5. The lowest BCUT2D eigenvalue weighted by Crippen LogP contribution is -2.20. The Morgan fingerprint density at radius 1 is 1.09 bits per heavy atom. The van der Waals surface area contributed by atoms with Gasteiger partial charge in [0.25, 0.3) is 0 Å². The molecule has 3 aromatic rings. The molecule has 0 fully saturated rings. The van der Waals surface area contributed by atoms with Crippen LogP contribution in [-0.4, -0.2) is 16.1 Å². The Morgan fingerprint density at radius 2 is 1.74 bits per heavy atom. The lowest BCUT2D eigenvalue weighted by Gasteiger charge is -2.14. The van der Waals surface area contributed by atoms with Crippen molar-refractivity contribution in [1.29, 1.82) is 0 Å². The fourth-order valence-corrected chi connectivity index (χ4v) is 2.62. The Balaban J connectivity index is 1.74. The van der Waals surface area contributed by atoms with Gasteiger partial charge in [-0.05, 0) is 17.5 Å². The molecule has 2 aromatic carbocycles. The first-order valence-corrected chi connectivity index (χ1v) is 7.74. The summed E-state index contributed by atoms with van der Waals surface area (Å²) >= 11 is 0. The number of hydrogen-bond donors (Lipinski definition) is 2. The van der Waals surface area contributed by atoms with Gasteiger partial charge in [0.1, 0.15) is 0 Å². The SMILES string of the molecule is CC[C@@H](C(=O)Nc1cc(-c2ccccc2)[nH]n1)c1ccccc1. The first kappa shape index (κ1) is 15.0. The van der Waals surface area contributed by atoms with Gasteiger partial charge in [0.05, 0.1) is 11.6 Å². The van der Waals surface area contributed by atoms with Crippen LogP contribution in [0.5, 0.6) is 0 Å². The van der Waals surface area contributed by atoms with Gasteiger partial charge in [-0.1, -0.05) is 67.6 Å². The van der Waals surface area contributed by atoms with Crippen molar-refractivity contribution >= 4 is 11.7 Å². The third-order valence-corrected chi connectivity index (χ3v) is 3.84. The Kier molecular flexibility index (Phi) is 4.52. The summed E-state index contributed by atoms with van der Waals surface area (Å²) in [6, 6.07) is 21.6. The summed E-state index contributed by atoms with van der Waals surface area (Å²) in [7, 11) is 0. The van der Waals surface area contributed by atoms with Crippen LogP contribution in [0, 0.1) is 0 Å². The molecule has 0 radical (unpaired) electrons. The van der Waals surface area contributed by atoms with Gasteiger partial charge in [0.2, 0.25) is 5.91 Å². The van der Waals surface area contributed by atoms with Crippen LogP contribution in [0.2, 0.25) is 0 Å². The zero-order chi connectivity index (χ0) is 16.1. The maximum Gasteiger partial charge on any atom is 0.233 e. The predicted molar refractivity (Wildman–Crippen MR) is 92.1 cm³/mol. The Bertz CT molecular complexity index is 766. The Hall–Kier alpha value is -2.88. The molecular formula is C19H19N3O. The molecule has 0 unspecified atom stereocenters. The highest BCUT2D eigenvalue weighted by molar-refractivity contribution is 5.95. The van der Waals surface area contributed by atoms with E-state index < -0.39 is 0 Å². The molecule has 116 valence electrons. The van der Waals surface area contributed by atoms with Crippen molar-refractivity contribution < 1.29 is 4.79 Å². The number of rotatable bonds is 5. The highest BCUT2D eigenvalue weighted by atomic mass is 16.1. The summed E-state index contributed by atoms with van der Waals surface area (Å²) in [5.41, 5.74) is 2.94. The predicted octanol–water partition coefficient (Wildman–Crippen LogP) is 4.21. The molecule has 1 aromatic heterocycles. The maximum absolute atomic E-state index is 12.5. The second-order valence-electron chi connectivity index (χ2n) is 5.39. The number of H-pyrrole nitrogens is 1. The Labute approximate surface area is 135 Å². The van der Waals surface area contributed by atoms with Crippen molar-refractivity contribution in [2.75, 3.05) is 5.32 Å². The van der Waals surface area contributed by atoms with E-state index in [1.807, 2.05) is 73.7 Å². The molecule has 1 atom stereocenters. The highest BCUT2D eigenvalue weighted by Crippen LogP contribution is 2.23. The summed E-state index contributed by atoms with van der Waals surface area (Å²) in [4.78, 5) is 12.5. The molecule has 23 heavy (non-hydrogen) atoms. The van der Waals surface area contributed by atoms with Crippen molar-refractivity contribution in [2.24, 2.45) is 0 Å². The zero-order valence-corrected chi connectivity index (χ0v) is 13.0. The number of aromatic nitrogens is 2. The molecule has 0 aliphatic rings.